The maximum atomic E-state index is 12.8. The molecule has 0 saturated heterocycles. The summed E-state index contributed by atoms with van der Waals surface area (Å²) in [5, 5.41) is 7.44. The molecular formula is C19H16ClN3O3. The van der Waals surface area contributed by atoms with Crippen LogP contribution in [0.4, 0.5) is 5.69 Å². The van der Waals surface area contributed by atoms with Gasteiger partial charge in [-0.05, 0) is 18.2 Å². The van der Waals surface area contributed by atoms with Crippen molar-refractivity contribution in [3.63, 3.8) is 0 Å². The fourth-order valence-electron chi connectivity index (χ4n) is 2.75. The van der Waals surface area contributed by atoms with E-state index in [1.54, 1.807) is 47.4 Å². The van der Waals surface area contributed by atoms with Crippen LogP contribution in [0.2, 0.25) is 5.02 Å². The molecule has 0 atom stereocenters. The highest BCUT2D eigenvalue weighted by molar-refractivity contribution is 6.34. The van der Waals surface area contributed by atoms with E-state index >= 15 is 0 Å². The van der Waals surface area contributed by atoms with Crippen LogP contribution >= 0.6 is 11.6 Å². The minimum atomic E-state index is -0.285. The molecule has 4 rings (SSSR count). The number of hydrogen-bond donors (Lipinski definition) is 1. The van der Waals surface area contributed by atoms with Gasteiger partial charge < -0.3 is 14.8 Å². The second kappa shape index (κ2) is 7.09. The summed E-state index contributed by atoms with van der Waals surface area (Å²) < 4.78 is 12.9. The number of aromatic nitrogens is 2. The van der Waals surface area contributed by atoms with Crippen LogP contribution in [-0.4, -0.2) is 28.9 Å². The maximum absolute atomic E-state index is 12.8. The van der Waals surface area contributed by atoms with Crippen molar-refractivity contribution in [2.75, 3.05) is 18.5 Å². The highest BCUT2D eigenvalue weighted by Crippen LogP contribution is 2.37. The van der Waals surface area contributed by atoms with Gasteiger partial charge in [0.15, 0.2) is 11.5 Å². The molecule has 0 aliphatic carbocycles. The van der Waals surface area contributed by atoms with Gasteiger partial charge in [-0.1, -0.05) is 23.7 Å². The van der Waals surface area contributed by atoms with E-state index in [-0.39, 0.29) is 5.91 Å². The van der Waals surface area contributed by atoms with E-state index in [0.29, 0.717) is 46.7 Å². The number of rotatable bonds is 3. The molecule has 1 N–H and O–H groups in total. The summed E-state index contributed by atoms with van der Waals surface area (Å²) in [5.74, 6) is 0.873. The summed E-state index contributed by atoms with van der Waals surface area (Å²) in [6.07, 6.45) is 4.24. The summed E-state index contributed by atoms with van der Waals surface area (Å²) in [7, 11) is 0. The Labute approximate surface area is 155 Å². The lowest BCUT2D eigenvalue weighted by molar-refractivity contribution is 0.102. The maximum Gasteiger partial charge on any atom is 0.257 e. The zero-order chi connectivity index (χ0) is 17.9. The third kappa shape index (κ3) is 3.23. The molecule has 1 aliphatic rings. The van der Waals surface area contributed by atoms with E-state index in [4.69, 9.17) is 21.1 Å². The SMILES string of the molecule is O=C(Nc1cc2c(cc1Cl)OCCCO2)c1ccccc1-n1cccn1. The number of fused-ring (bicyclic) bond motifs is 1. The van der Waals surface area contributed by atoms with Crippen LogP contribution in [0.5, 0.6) is 11.5 Å². The number of amides is 1. The Bertz CT molecular complexity index is 941. The average Bonchev–Trinajstić information content (AvgIpc) is 3.10. The Morgan fingerprint density at radius 2 is 1.88 bits per heavy atom. The van der Waals surface area contributed by atoms with E-state index in [9.17, 15) is 4.79 Å². The number of nitrogens with one attached hydrogen (secondary N) is 1. The van der Waals surface area contributed by atoms with Crippen LogP contribution in [0.3, 0.4) is 0 Å². The van der Waals surface area contributed by atoms with E-state index in [2.05, 4.69) is 10.4 Å². The molecule has 26 heavy (non-hydrogen) atoms. The first kappa shape index (κ1) is 16.5. The van der Waals surface area contributed by atoms with Crippen molar-refractivity contribution in [1.29, 1.82) is 0 Å². The Balaban J connectivity index is 1.65. The van der Waals surface area contributed by atoms with Crippen molar-refractivity contribution in [3.05, 3.63) is 65.4 Å². The summed E-state index contributed by atoms with van der Waals surface area (Å²) >= 11 is 6.32. The van der Waals surface area contributed by atoms with Crippen molar-refractivity contribution >= 4 is 23.2 Å². The van der Waals surface area contributed by atoms with E-state index < -0.39 is 0 Å². The number of anilines is 1. The Hall–Kier alpha value is -2.99. The van der Waals surface area contributed by atoms with Gasteiger partial charge in [0.05, 0.1) is 35.2 Å². The van der Waals surface area contributed by atoms with Gasteiger partial charge in [0.25, 0.3) is 5.91 Å². The number of nitrogens with zero attached hydrogens (tertiary/aromatic N) is 2. The van der Waals surface area contributed by atoms with E-state index in [1.807, 2.05) is 12.1 Å². The van der Waals surface area contributed by atoms with E-state index in [0.717, 1.165) is 6.42 Å². The molecule has 1 amide bonds. The second-order valence-electron chi connectivity index (χ2n) is 5.75. The number of hydrogen-bond acceptors (Lipinski definition) is 4. The molecule has 132 valence electrons. The summed E-state index contributed by atoms with van der Waals surface area (Å²) in [6.45, 7) is 1.14. The van der Waals surface area contributed by atoms with Crippen LogP contribution < -0.4 is 14.8 Å². The van der Waals surface area contributed by atoms with Gasteiger partial charge in [0.2, 0.25) is 0 Å². The van der Waals surface area contributed by atoms with Gasteiger partial charge in [-0.2, -0.15) is 5.10 Å². The number of benzene rings is 2. The summed E-state index contributed by atoms with van der Waals surface area (Å²) in [5.41, 5.74) is 1.64. The lowest BCUT2D eigenvalue weighted by atomic mass is 10.1. The molecule has 0 fully saturated rings. The van der Waals surface area contributed by atoms with Crippen LogP contribution in [-0.2, 0) is 0 Å². The predicted molar refractivity (Wildman–Crippen MR) is 98.6 cm³/mol. The molecule has 0 saturated carbocycles. The number of carbonyl (C=O) groups is 1. The third-order valence-electron chi connectivity index (χ3n) is 3.99. The highest BCUT2D eigenvalue weighted by atomic mass is 35.5. The van der Waals surface area contributed by atoms with Gasteiger partial charge in [-0.15, -0.1) is 0 Å². The summed E-state index contributed by atoms with van der Waals surface area (Å²) in [6, 6.07) is 12.4. The molecule has 1 aromatic heterocycles. The molecule has 0 spiro atoms. The van der Waals surface area contributed by atoms with Crippen molar-refractivity contribution in [1.82, 2.24) is 9.78 Å². The summed E-state index contributed by atoms with van der Waals surface area (Å²) in [4.78, 5) is 12.8. The first-order chi connectivity index (χ1) is 12.7. The molecule has 2 heterocycles. The van der Waals surface area contributed by atoms with Crippen molar-refractivity contribution in [2.24, 2.45) is 0 Å². The molecule has 6 nitrogen and oxygen atoms in total. The van der Waals surface area contributed by atoms with Crippen molar-refractivity contribution in [3.8, 4) is 17.2 Å². The minimum absolute atomic E-state index is 0.285. The molecule has 1 aliphatic heterocycles. The zero-order valence-corrected chi connectivity index (χ0v) is 14.6. The lowest BCUT2D eigenvalue weighted by Crippen LogP contribution is -2.15. The lowest BCUT2D eigenvalue weighted by Gasteiger charge is -2.14. The Kier molecular flexibility index (Phi) is 4.50. The Morgan fingerprint density at radius 1 is 1.12 bits per heavy atom. The topological polar surface area (TPSA) is 65.4 Å². The molecule has 7 heteroatoms. The Morgan fingerprint density at radius 3 is 2.65 bits per heavy atom. The van der Waals surface area contributed by atoms with Gasteiger partial charge in [0, 0.05) is 30.9 Å². The first-order valence-electron chi connectivity index (χ1n) is 8.22. The van der Waals surface area contributed by atoms with Crippen LogP contribution in [0.25, 0.3) is 5.69 Å². The molecule has 3 aromatic rings. The quantitative estimate of drug-likeness (QED) is 0.759. The molecule has 0 bridgehead atoms. The fraction of sp³-hybridized carbons (Fsp3) is 0.158. The number of halogens is 1. The standard InChI is InChI=1S/C19H16ClN3O3/c20-14-11-17-18(26-10-4-9-25-17)12-15(14)22-19(24)13-5-1-2-6-16(13)23-8-3-7-21-23/h1-3,5-8,11-12H,4,9-10H2,(H,22,24). The highest BCUT2D eigenvalue weighted by Gasteiger charge is 2.18. The van der Waals surface area contributed by atoms with Crippen molar-refractivity contribution < 1.29 is 14.3 Å². The normalized spacial score (nSPS) is 13.1. The van der Waals surface area contributed by atoms with Gasteiger partial charge in [0.1, 0.15) is 0 Å². The van der Waals surface area contributed by atoms with Gasteiger partial charge in [-0.25, -0.2) is 4.68 Å². The fourth-order valence-corrected chi connectivity index (χ4v) is 2.95. The van der Waals surface area contributed by atoms with E-state index in [1.165, 1.54) is 0 Å². The smallest absolute Gasteiger partial charge is 0.257 e. The van der Waals surface area contributed by atoms with Gasteiger partial charge >= 0.3 is 0 Å². The second-order valence-corrected chi connectivity index (χ2v) is 6.16. The number of carbonyl (C=O) groups excluding carboxylic acids is 1. The number of ether oxygens (including phenoxy) is 2. The van der Waals surface area contributed by atoms with Crippen LogP contribution in [0, 0.1) is 0 Å². The molecule has 0 radical (unpaired) electrons. The third-order valence-corrected chi connectivity index (χ3v) is 4.30. The largest absolute Gasteiger partial charge is 0.490 e. The number of para-hydroxylation sites is 1. The first-order valence-corrected chi connectivity index (χ1v) is 8.60. The van der Waals surface area contributed by atoms with Crippen LogP contribution in [0.1, 0.15) is 16.8 Å². The molecule has 0 unspecified atom stereocenters. The van der Waals surface area contributed by atoms with Crippen LogP contribution in [0.15, 0.2) is 54.9 Å². The monoisotopic (exact) mass is 369 g/mol. The van der Waals surface area contributed by atoms with Crippen molar-refractivity contribution in [2.45, 2.75) is 6.42 Å². The minimum Gasteiger partial charge on any atom is -0.490 e. The average molecular weight is 370 g/mol. The predicted octanol–water partition coefficient (Wildman–Crippen LogP) is 3.94. The van der Waals surface area contributed by atoms with Gasteiger partial charge in [-0.3, -0.25) is 4.79 Å². The molecular weight excluding hydrogens is 354 g/mol. The molecule has 2 aromatic carbocycles. The zero-order valence-electron chi connectivity index (χ0n) is 13.8.